The summed E-state index contributed by atoms with van der Waals surface area (Å²) >= 11 is 0. The van der Waals surface area contributed by atoms with Gasteiger partial charge >= 0.3 is 0 Å². The summed E-state index contributed by atoms with van der Waals surface area (Å²) < 4.78 is 18.2. The largest absolute Gasteiger partial charge is 0.394 e. The highest BCUT2D eigenvalue weighted by atomic mass is 19.1. The van der Waals surface area contributed by atoms with E-state index in [-0.39, 0.29) is 18.5 Å². The van der Waals surface area contributed by atoms with Crippen LogP contribution in [0.4, 0.5) is 4.39 Å². The zero-order chi connectivity index (χ0) is 10.7. The molecule has 1 N–H and O–H groups in total. The van der Waals surface area contributed by atoms with Crippen LogP contribution in [0.1, 0.15) is 24.3 Å². The first-order chi connectivity index (χ1) is 7.29. The minimum Gasteiger partial charge on any atom is -0.394 e. The second-order valence-corrected chi connectivity index (χ2v) is 3.96. The van der Waals surface area contributed by atoms with Gasteiger partial charge < -0.3 is 9.84 Å². The Morgan fingerprint density at radius 1 is 1.27 bits per heavy atom. The standard InChI is InChI=1S/C12H15FO2/c13-11-4-1-9(2-5-11)10-3-6-12(7-14)15-8-10/h1-2,4-5,10,12,14H,3,6-8H2. The molecule has 2 atom stereocenters. The minimum absolute atomic E-state index is 0.0123. The summed E-state index contributed by atoms with van der Waals surface area (Å²) in [6.07, 6.45) is 1.86. The second kappa shape index (κ2) is 4.73. The lowest BCUT2D eigenvalue weighted by molar-refractivity contribution is -0.0269. The van der Waals surface area contributed by atoms with Gasteiger partial charge in [0, 0.05) is 5.92 Å². The Hall–Kier alpha value is -0.930. The van der Waals surface area contributed by atoms with Gasteiger partial charge in [0.2, 0.25) is 0 Å². The third kappa shape index (κ3) is 2.55. The first-order valence-corrected chi connectivity index (χ1v) is 5.27. The summed E-state index contributed by atoms with van der Waals surface area (Å²) in [5.41, 5.74) is 1.12. The number of halogens is 1. The van der Waals surface area contributed by atoms with Crippen LogP contribution in [-0.2, 0) is 4.74 Å². The number of ether oxygens (including phenoxy) is 1. The normalized spacial score (nSPS) is 26.5. The summed E-state index contributed by atoms with van der Waals surface area (Å²) in [5.74, 6) is 0.136. The van der Waals surface area contributed by atoms with Gasteiger partial charge in [0.25, 0.3) is 0 Å². The smallest absolute Gasteiger partial charge is 0.123 e. The van der Waals surface area contributed by atoms with Crippen LogP contribution in [0.5, 0.6) is 0 Å². The number of aliphatic hydroxyl groups is 1. The lowest BCUT2D eigenvalue weighted by Crippen LogP contribution is -2.27. The highest BCUT2D eigenvalue weighted by Gasteiger charge is 2.22. The van der Waals surface area contributed by atoms with E-state index in [4.69, 9.17) is 9.84 Å². The average molecular weight is 210 g/mol. The van der Waals surface area contributed by atoms with E-state index in [0.29, 0.717) is 12.5 Å². The van der Waals surface area contributed by atoms with Crippen LogP contribution in [0.15, 0.2) is 24.3 Å². The summed E-state index contributed by atoms with van der Waals surface area (Å²) in [7, 11) is 0. The molecule has 1 aliphatic heterocycles. The van der Waals surface area contributed by atoms with Crippen molar-refractivity contribution >= 4 is 0 Å². The van der Waals surface area contributed by atoms with Gasteiger partial charge in [-0.15, -0.1) is 0 Å². The highest BCUT2D eigenvalue weighted by Crippen LogP contribution is 2.27. The van der Waals surface area contributed by atoms with E-state index in [2.05, 4.69) is 0 Å². The van der Waals surface area contributed by atoms with Crippen molar-refractivity contribution in [3.63, 3.8) is 0 Å². The topological polar surface area (TPSA) is 29.5 Å². The zero-order valence-corrected chi connectivity index (χ0v) is 8.53. The molecule has 1 aromatic carbocycles. The van der Waals surface area contributed by atoms with E-state index in [1.54, 1.807) is 0 Å². The predicted octanol–water partition coefficient (Wildman–Crippen LogP) is 2.08. The number of aliphatic hydroxyl groups excluding tert-OH is 1. The van der Waals surface area contributed by atoms with E-state index in [1.165, 1.54) is 12.1 Å². The van der Waals surface area contributed by atoms with Crippen LogP contribution in [0.2, 0.25) is 0 Å². The van der Waals surface area contributed by atoms with Crippen LogP contribution >= 0.6 is 0 Å². The molecule has 0 spiro atoms. The van der Waals surface area contributed by atoms with Crippen molar-refractivity contribution in [1.82, 2.24) is 0 Å². The van der Waals surface area contributed by atoms with E-state index in [9.17, 15) is 4.39 Å². The highest BCUT2D eigenvalue weighted by molar-refractivity contribution is 5.20. The molecule has 1 aliphatic rings. The van der Waals surface area contributed by atoms with Crippen molar-refractivity contribution in [3.05, 3.63) is 35.6 Å². The van der Waals surface area contributed by atoms with Gasteiger partial charge in [0.1, 0.15) is 5.82 Å². The molecule has 1 aromatic rings. The maximum Gasteiger partial charge on any atom is 0.123 e. The predicted molar refractivity (Wildman–Crippen MR) is 55.2 cm³/mol. The molecule has 2 nitrogen and oxygen atoms in total. The molecule has 2 rings (SSSR count). The molecular weight excluding hydrogens is 195 g/mol. The van der Waals surface area contributed by atoms with Crippen LogP contribution in [0.3, 0.4) is 0 Å². The Balaban J connectivity index is 1.98. The molecule has 1 heterocycles. The van der Waals surface area contributed by atoms with Gasteiger partial charge in [-0.05, 0) is 30.5 Å². The number of rotatable bonds is 2. The summed E-state index contributed by atoms with van der Waals surface area (Å²) in [6.45, 7) is 0.715. The van der Waals surface area contributed by atoms with Crippen LogP contribution in [0, 0.1) is 5.82 Å². The maximum absolute atomic E-state index is 12.7. The van der Waals surface area contributed by atoms with Gasteiger partial charge in [-0.2, -0.15) is 0 Å². The van der Waals surface area contributed by atoms with E-state index in [0.717, 1.165) is 18.4 Å². The molecular formula is C12H15FO2. The SMILES string of the molecule is OCC1CCC(c2ccc(F)cc2)CO1. The Morgan fingerprint density at radius 3 is 2.53 bits per heavy atom. The monoisotopic (exact) mass is 210 g/mol. The molecule has 3 heteroatoms. The van der Waals surface area contributed by atoms with Gasteiger partial charge in [-0.25, -0.2) is 4.39 Å². The van der Waals surface area contributed by atoms with Crippen LogP contribution in [-0.4, -0.2) is 24.4 Å². The lowest BCUT2D eigenvalue weighted by Gasteiger charge is -2.28. The van der Waals surface area contributed by atoms with Crippen LogP contribution < -0.4 is 0 Å². The summed E-state index contributed by atoms with van der Waals surface area (Å²) in [5, 5.41) is 8.91. The number of benzene rings is 1. The van der Waals surface area contributed by atoms with Gasteiger partial charge in [-0.3, -0.25) is 0 Å². The Bertz CT molecular complexity index is 302. The molecule has 0 aliphatic carbocycles. The number of hydrogen-bond acceptors (Lipinski definition) is 2. The van der Waals surface area contributed by atoms with E-state index in [1.807, 2.05) is 12.1 Å². The zero-order valence-electron chi connectivity index (χ0n) is 8.53. The molecule has 1 fully saturated rings. The van der Waals surface area contributed by atoms with Crippen molar-refractivity contribution in [3.8, 4) is 0 Å². The van der Waals surface area contributed by atoms with Gasteiger partial charge in [-0.1, -0.05) is 12.1 Å². The van der Waals surface area contributed by atoms with E-state index >= 15 is 0 Å². The molecule has 2 unspecified atom stereocenters. The maximum atomic E-state index is 12.7. The Morgan fingerprint density at radius 2 is 2.00 bits per heavy atom. The summed E-state index contributed by atoms with van der Waals surface area (Å²) in [4.78, 5) is 0. The molecule has 0 aromatic heterocycles. The molecule has 1 saturated heterocycles. The van der Waals surface area contributed by atoms with Gasteiger partial charge in [0.05, 0.1) is 19.3 Å². The molecule has 0 saturated carbocycles. The van der Waals surface area contributed by atoms with Crippen LogP contribution in [0.25, 0.3) is 0 Å². The Labute approximate surface area is 88.7 Å². The molecule has 0 radical (unpaired) electrons. The number of hydrogen-bond donors (Lipinski definition) is 1. The lowest BCUT2D eigenvalue weighted by atomic mass is 9.91. The third-order valence-corrected chi connectivity index (χ3v) is 2.92. The fraction of sp³-hybridized carbons (Fsp3) is 0.500. The third-order valence-electron chi connectivity index (χ3n) is 2.92. The van der Waals surface area contributed by atoms with E-state index < -0.39 is 0 Å². The summed E-state index contributed by atoms with van der Waals surface area (Å²) in [6, 6.07) is 6.58. The fourth-order valence-corrected chi connectivity index (χ4v) is 1.95. The fourth-order valence-electron chi connectivity index (χ4n) is 1.95. The van der Waals surface area contributed by atoms with Crippen molar-refractivity contribution in [2.45, 2.75) is 24.9 Å². The average Bonchev–Trinajstić information content (AvgIpc) is 2.30. The first-order valence-electron chi connectivity index (χ1n) is 5.27. The Kier molecular flexibility index (Phi) is 3.34. The van der Waals surface area contributed by atoms with Crippen molar-refractivity contribution in [2.24, 2.45) is 0 Å². The first kappa shape index (κ1) is 10.6. The van der Waals surface area contributed by atoms with Crippen molar-refractivity contribution in [2.75, 3.05) is 13.2 Å². The minimum atomic E-state index is -0.205. The van der Waals surface area contributed by atoms with Gasteiger partial charge in [0.15, 0.2) is 0 Å². The molecule has 15 heavy (non-hydrogen) atoms. The van der Waals surface area contributed by atoms with Crippen molar-refractivity contribution < 1.29 is 14.2 Å². The molecule has 0 amide bonds. The van der Waals surface area contributed by atoms with Crippen molar-refractivity contribution in [1.29, 1.82) is 0 Å². The second-order valence-electron chi connectivity index (χ2n) is 3.96. The quantitative estimate of drug-likeness (QED) is 0.809. The molecule has 82 valence electrons. The molecule has 0 bridgehead atoms.